The van der Waals surface area contributed by atoms with Crippen molar-refractivity contribution in [2.24, 2.45) is 0 Å². The van der Waals surface area contributed by atoms with Gasteiger partial charge in [-0.3, -0.25) is 4.79 Å². The molecule has 0 bridgehead atoms. The van der Waals surface area contributed by atoms with E-state index in [2.05, 4.69) is 4.84 Å². The van der Waals surface area contributed by atoms with Crippen LogP contribution >= 0.6 is 0 Å². The predicted molar refractivity (Wildman–Crippen MR) is 30.8 cm³/mol. The maximum Gasteiger partial charge on any atom is 0.337 e. The van der Waals surface area contributed by atoms with Crippen molar-refractivity contribution in [1.82, 2.24) is 5.06 Å². The SMILES string of the molecule is CCN([C]=O)OC(C)O. The fraction of sp³-hybridized carbons (Fsp3) is 0.800. The van der Waals surface area contributed by atoms with E-state index in [1.54, 1.807) is 6.92 Å². The monoisotopic (exact) mass is 132 g/mol. The normalized spacial score (nSPS) is 12.8. The minimum absolute atomic E-state index is 0.383. The van der Waals surface area contributed by atoms with Crippen LogP contribution in [0.2, 0.25) is 0 Å². The maximum atomic E-state index is 9.84. The second-order valence-electron chi connectivity index (χ2n) is 1.49. The van der Waals surface area contributed by atoms with Gasteiger partial charge in [-0.25, -0.2) is 9.90 Å². The molecule has 4 heteroatoms. The van der Waals surface area contributed by atoms with Crippen LogP contribution in [0.3, 0.4) is 0 Å². The molecule has 53 valence electrons. The van der Waals surface area contributed by atoms with E-state index in [1.165, 1.54) is 13.3 Å². The van der Waals surface area contributed by atoms with Crippen LogP contribution in [0.1, 0.15) is 13.8 Å². The molecular weight excluding hydrogens is 122 g/mol. The van der Waals surface area contributed by atoms with Gasteiger partial charge in [-0.05, 0) is 13.8 Å². The lowest BCUT2D eigenvalue weighted by Gasteiger charge is -2.14. The third-order valence-electron chi connectivity index (χ3n) is 0.669. The van der Waals surface area contributed by atoms with Gasteiger partial charge in [0.25, 0.3) is 0 Å². The quantitative estimate of drug-likeness (QED) is 0.323. The van der Waals surface area contributed by atoms with Crippen LogP contribution in [0.25, 0.3) is 0 Å². The highest BCUT2D eigenvalue weighted by Crippen LogP contribution is 1.88. The number of hydrogen-bond acceptors (Lipinski definition) is 3. The van der Waals surface area contributed by atoms with Gasteiger partial charge in [0.2, 0.25) is 0 Å². The Kier molecular flexibility index (Phi) is 4.00. The molecule has 4 nitrogen and oxygen atoms in total. The molecule has 1 N–H and O–H groups in total. The minimum atomic E-state index is -0.952. The number of rotatable bonds is 4. The van der Waals surface area contributed by atoms with Gasteiger partial charge in [0.1, 0.15) is 0 Å². The summed E-state index contributed by atoms with van der Waals surface area (Å²) in [5.41, 5.74) is 0. The molecule has 0 heterocycles. The molecule has 0 rings (SSSR count). The van der Waals surface area contributed by atoms with Gasteiger partial charge >= 0.3 is 6.41 Å². The lowest BCUT2D eigenvalue weighted by atomic mass is 10.7. The van der Waals surface area contributed by atoms with E-state index in [9.17, 15) is 4.79 Å². The summed E-state index contributed by atoms with van der Waals surface area (Å²) in [4.78, 5) is 14.4. The van der Waals surface area contributed by atoms with E-state index in [1.807, 2.05) is 0 Å². The summed E-state index contributed by atoms with van der Waals surface area (Å²) in [6.45, 7) is 3.52. The van der Waals surface area contributed by atoms with Gasteiger partial charge < -0.3 is 5.11 Å². The highest BCUT2D eigenvalue weighted by Gasteiger charge is 2.02. The Hall–Kier alpha value is -0.610. The average molecular weight is 132 g/mol. The van der Waals surface area contributed by atoms with E-state index in [0.29, 0.717) is 6.54 Å². The van der Waals surface area contributed by atoms with Crippen LogP contribution in [0.4, 0.5) is 0 Å². The fourth-order valence-corrected chi connectivity index (χ4v) is 0.345. The van der Waals surface area contributed by atoms with Gasteiger partial charge in [-0.1, -0.05) is 0 Å². The van der Waals surface area contributed by atoms with E-state index in [-0.39, 0.29) is 0 Å². The number of aliphatic hydroxyl groups excluding tert-OH is 1. The van der Waals surface area contributed by atoms with Gasteiger partial charge in [-0.15, -0.1) is 0 Å². The lowest BCUT2D eigenvalue weighted by molar-refractivity contribution is -0.217. The molecule has 1 amide bonds. The number of nitrogens with zero attached hydrogens (tertiary/aromatic N) is 1. The summed E-state index contributed by atoms with van der Waals surface area (Å²) in [6.07, 6.45) is 0.532. The topological polar surface area (TPSA) is 49.8 Å². The third kappa shape index (κ3) is 3.93. The van der Waals surface area contributed by atoms with Gasteiger partial charge in [0.15, 0.2) is 6.29 Å². The molecule has 9 heavy (non-hydrogen) atoms. The van der Waals surface area contributed by atoms with Crippen LogP contribution < -0.4 is 0 Å². The molecule has 1 atom stereocenters. The van der Waals surface area contributed by atoms with Gasteiger partial charge in [0.05, 0.1) is 0 Å². The van der Waals surface area contributed by atoms with Crippen LogP contribution in [0.15, 0.2) is 0 Å². The zero-order chi connectivity index (χ0) is 7.28. The number of carbonyl (C=O) groups excluding carboxylic acids is 1. The second kappa shape index (κ2) is 4.29. The van der Waals surface area contributed by atoms with Crippen molar-refractivity contribution < 1.29 is 14.7 Å². The zero-order valence-corrected chi connectivity index (χ0v) is 5.50. The molecule has 0 saturated carbocycles. The highest BCUT2D eigenvalue weighted by molar-refractivity contribution is 5.45. The van der Waals surface area contributed by atoms with Crippen molar-refractivity contribution >= 4 is 6.41 Å². The number of amides is 1. The Morgan fingerprint density at radius 1 is 1.89 bits per heavy atom. The Morgan fingerprint density at radius 2 is 2.44 bits per heavy atom. The molecule has 0 aliphatic heterocycles. The lowest BCUT2D eigenvalue weighted by Crippen LogP contribution is -2.26. The Bertz CT molecular complexity index is 84.3. The second-order valence-corrected chi connectivity index (χ2v) is 1.49. The molecule has 1 unspecified atom stereocenters. The molecule has 0 saturated heterocycles. The molecule has 0 aliphatic rings. The van der Waals surface area contributed by atoms with Gasteiger partial charge in [-0.2, -0.15) is 0 Å². The third-order valence-corrected chi connectivity index (χ3v) is 0.669. The van der Waals surface area contributed by atoms with Crippen molar-refractivity contribution in [3.63, 3.8) is 0 Å². The van der Waals surface area contributed by atoms with E-state index in [4.69, 9.17) is 5.11 Å². The minimum Gasteiger partial charge on any atom is -0.366 e. The molecule has 0 aromatic rings. The fourth-order valence-electron chi connectivity index (χ4n) is 0.345. The Morgan fingerprint density at radius 3 is 2.56 bits per heavy atom. The first-order chi connectivity index (χ1) is 4.20. The smallest absolute Gasteiger partial charge is 0.337 e. The summed E-state index contributed by atoms with van der Waals surface area (Å²) >= 11 is 0. The summed E-state index contributed by atoms with van der Waals surface area (Å²) < 4.78 is 0. The zero-order valence-electron chi connectivity index (χ0n) is 5.50. The number of hydrogen-bond donors (Lipinski definition) is 1. The van der Waals surface area contributed by atoms with Crippen molar-refractivity contribution in [1.29, 1.82) is 0 Å². The first-order valence-electron chi connectivity index (χ1n) is 2.70. The molecule has 0 aromatic heterocycles. The van der Waals surface area contributed by atoms with E-state index in [0.717, 1.165) is 5.06 Å². The van der Waals surface area contributed by atoms with Crippen LogP contribution in [0, 0.1) is 0 Å². The first kappa shape index (κ1) is 8.39. The highest BCUT2D eigenvalue weighted by atomic mass is 16.8. The van der Waals surface area contributed by atoms with Crippen molar-refractivity contribution in [2.75, 3.05) is 6.54 Å². The maximum absolute atomic E-state index is 9.84. The number of aliphatic hydroxyl groups is 1. The molecule has 0 aliphatic carbocycles. The van der Waals surface area contributed by atoms with Crippen LogP contribution in [-0.2, 0) is 9.63 Å². The molecule has 0 spiro atoms. The molecule has 1 radical (unpaired) electrons. The standard InChI is InChI=1S/C5H10NO3/c1-3-6(4-7)9-5(2)8/h5,8H,3H2,1-2H3. The Labute approximate surface area is 54.0 Å². The summed E-state index contributed by atoms with van der Waals surface area (Å²) in [5, 5.41) is 9.44. The van der Waals surface area contributed by atoms with Crippen molar-refractivity contribution in [3.05, 3.63) is 0 Å². The van der Waals surface area contributed by atoms with Crippen LogP contribution in [0.5, 0.6) is 0 Å². The Balaban J connectivity index is 3.42. The van der Waals surface area contributed by atoms with Gasteiger partial charge in [0, 0.05) is 6.54 Å². The predicted octanol–water partition coefficient (Wildman–Crippen LogP) is -0.355. The molecule has 0 fully saturated rings. The van der Waals surface area contributed by atoms with Crippen LogP contribution in [-0.4, -0.2) is 29.4 Å². The summed E-state index contributed by atoms with van der Waals surface area (Å²) in [5.74, 6) is 0. The first-order valence-corrected chi connectivity index (χ1v) is 2.70. The van der Waals surface area contributed by atoms with E-state index >= 15 is 0 Å². The molecular formula is C5H10NO3. The summed E-state index contributed by atoms with van der Waals surface area (Å²) in [6, 6.07) is 0. The van der Waals surface area contributed by atoms with E-state index < -0.39 is 6.29 Å². The van der Waals surface area contributed by atoms with Crippen molar-refractivity contribution in [3.8, 4) is 0 Å². The molecule has 0 aromatic carbocycles. The average Bonchev–Trinajstić information content (AvgIpc) is 1.82. The number of hydroxylamine groups is 2. The largest absolute Gasteiger partial charge is 0.366 e. The van der Waals surface area contributed by atoms with Crippen molar-refractivity contribution in [2.45, 2.75) is 20.1 Å². The summed E-state index contributed by atoms with van der Waals surface area (Å²) in [7, 11) is 0.